The lowest BCUT2D eigenvalue weighted by atomic mass is 9.90. The topological polar surface area (TPSA) is 57.2 Å². The van der Waals surface area contributed by atoms with Crippen molar-refractivity contribution in [2.45, 2.75) is 39.7 Å². The van der Waals surface area contributed by atoms with Gasteiger partial charge < -0.3 is 10.5 Å². The van der Waals surface area contributed by atoms with Crippen molar-refractivity contribution in [3.8, 4) is 11.4 Å². The average Bonchev–Trinajstić information content (AvgIpc) is 2.47. The van der Waals surface area contributed by atoms with Crippen LogP contribution in [0.25, 0.3) is 5.69 Å². The quantitative estimate of drug-likeness (QED) is 0.944. The number of hydrogen-bond donors (Lipinski definition) is 1. The van der Waals surface area contributed by atoms with Crippen molar-refractivity contribution in [1.29, 1.82) is 0 Å². The van der Waals surface area contributed by atoms with E-state index in [0.29, 0.717) is 12.2 Å². The molecule has 1 heterocycles. The SMILES string of the molecule is CCOc1ccc(-n2c(C(C)(C)C)ccc(CN)c2=O)cc1. The van der Waals surface area contributed by atoms with Gasteiger partial charge in [-0.05, 0) is 37.3 Å². The second-order valence-electron chi connectivity index (χ2n) is 6.27. The van der Waals surface area contributed by atoms with Crippen LogP contribution in [0.3, 0.4) is 0 Å². The highest BCUT2D eigenvalue weighted by Gasteiger charge is 2.21. The molecule has 0 saturated carbocycles. The van der Waals surface area contributed by atoms with Crippen molar-refractivity contribution >= 4 is 0 Å². The Morgan fingerprint density at radius 2 is 1.73 bits per heavy atom. The predicted molar refractivity (Wildman–Crippen MR) is 89.8 cm³/mol. The van der Waals surface area contributed by atoms with Gasteiger partial charge in [0.25, 0.3) is 5.56 Å². The molecule has 0 fully saturated rings. The first-order valence-corrected chi connectivity index (χ1v) is 7.57. The molecule has 0 aliphatic carbocycles. The fourth-order valence-electron chi connectivity index (χ4n) is 2.43. The maximum absolute atomic E-state index is 12.7. The minimum absolute atomic E-state index is 0.0564. The van der Waals surface area contributed by atoms with Crippen LogP contribution in [-0.2, 0) is 12.0 Å². The minimum Gasteiger partial charge on any atom is -0.494 e. The highest BCUT2D eigenvalue weighted by molar-refractivity contribution is 5.41. The van der Waals surface area contributed by atoms with Crippen molar-refractivity contribution < 1.29 is 4.74 Å². The second kappa shape index (κ2) is 6.36. The Morgan fingerprint density at radius 3 is 2.23 bits per heavy atom. The highest BCUT2D eigenvalue weighted by Crippen LogP contribution is 2.24. The third kappa shape index (κ3) is 3.22. The van der Waals surface area contributed by atoms with Crippen molar-refractivity contribution in [3.63, 3.8) is 0 Å². The van der Waals surface area contributed by atoms with Crippen molar-refractivity contribution in [1.82, 2.24) is 4.57 Å². The monoisotopic (exact) mass is 300 g/mol. The zero-order valence-corrected chi connectivity index (χ0v) is 13.7. The van der Waals surface area contributed by atoms with E-state index in [2.05, 4.69) is 20.8 Å². The van der Waals surface area contributed by atoms with Crippen LogP contribution < -0.4 is 16.0 Å². The summed E-state index contributed by atoms with van der Waals surface area (Å²) in [4.78, 5) is 12.7. The van der Waals surface area contributed by atoms with E-state index in [1.165, 1.54) is 0 Å². The Morgan fingerprint density at radius 1 is 1.09 bits per heavy atom. The van der Waals surface area contributed by atoms with Crippen LogP contribution in [0, 0.1) is 0 Å². The second-order valence-corrected chi connectivity index (χ2v) is 6.27. The summed E-state index contributed by atoms with van der Waals surface area (Å²) < 4.78 is 7.21. The van der Waals surface area contributed by atoms with E-state index in [-0.39, 0.29) is 17.5 Å². The van der Waals surface area contributed by atoms with Gasteiger partial charge in [0.15, 0.2) is 0 Å². The van der Waals surface area contributed by atoms with E-state index in [4.69, 9.17) is 10.5 Å². The van der Waals surface area contributed by atoms with Gasteiger partial charge >= 0.3 is 0 Å². The summed E-state index contributed by atoms with van der Waals surface area (Å²) in [5, 5.41) is 0. The molecule has 0 amide bonds. The first kappa shape index (κ1) is 16.3. The average molecular weight is 300 g/mol. The lowest BCUT2D eigenvalue weighted by Crippen LogP contribution is -2.31. The van der Waals surface area contributed by atoms with E-state index < -0.39 is 0 Å². The fraction of sp³-hybridized carbons (Fsp3) is 0.389. The molecule has 0 aliphatic heterocycles. The number of hydrogen-bond acceptors (Lipinski definition) is 3. The Hall–Kier alpha value is -2.07. The zero-order valence-electron chi connectivity index (χ0n) is 13.7. The molecule has 2 rings (SSSR count). The van der Waals surface area contributed by atoms with E-state index in [0.717, 1.165) is 17.1 Å². The standard InChI is InChI=1S/C18H24N2O2/c1-5-22-15-9-7-14(8-10-15)20-16(18(2,3)4)11-6-13(12-19)17(20)21/h6-11H,5,12,19H2,1-4H3. The molecular formula is C18H24N2O2. The number of ether oxygens (including phenoxy) is 1. The van der Waals surface area contributed by atoms with Crippen molar-refractivity contribution in [2.75, 3.05) is 6.61 Å². The van der Waals surface area contributed by atoms with E-state index in [9.17, 15) is 4.79 Å². The third-order valence-electron chi connectivity index (χ3n) is 3.56. The summed E-state index contributed by atoms with van der Waals surface area (Å²) in [7, 11) is 0. The summed E-state index contributed by atoms with van der Waals surface area (Å²) in [5.74, 6) is 0.798. The lowest BCUT2D eigenvalue weighted by molar-refractivity contribution is 0.340. The van der Waals surface area contributed by atoms with Gasteiger partial charge in [-0.15, -0.1) is 0 Å². The molecule has 1 aromatic carbocycles. The molecule has 118 valence electrons. The summed E-state index contributed by atoms with van der Waals surface area (Å²) in [6.45, 7) is 9.08. The van der Waals surface area contributed by atoms with Crippen molar-refractivity contribution in [3.05, 3.63) is 58.0 Å². The largest absolute Gasteiger partial charge is 0.494 e. The highest BCUT2D eigenvalue weighted by atomic mass is 16.5. The molecule has 0 spiro atoms. The first-order valence-electron chi connectivity index (χ1n) is 7.57. The lowest BCUT2D eigenvalue weighted by Gasteiger charge is -2.25. The molecule has 4 nitrogen and oxygen atoms in total. The van der Waals surface area contributed by atoms with Crippen LogP contribution in [0.5, 0.6) is 5.75 Å². The Balaban J connectivity index is 2.63. The summed E-state index contributed by atoms with van der Waals surface area (Å²) >= 11 is 0. The molecule has 2 aromatic rings. The molecule has 2 N–H and O–H groups in total. The molecule has 0 bridgehead atoms. The van der Waals surface area contributed by atoms with Gasteiger partial charge in [-0.1, -0.05) is 26.8 Å². The van der Waals surface area contributed by atoms with E-state index in [1.807, 2.05) is 43.3 Å². The fourth-order valence-corrected chi connectivity index (χ4v) is 2.43. The smallest absolute Gasteiger partial charge is 0.259 e. The number of nitrogens with zero attached hydrogens (tertiary/aromatic N) is 1. The number of aromatic nitrogens is 1. The molecule has 4 heteroatoms. The number of benzene rings is 1. The molecule has 22 heavy (non-hydrogen) atoms. The number of rotatable bonds is 4. The number of nitrogens with two attached hydrogens (primary N) is 1. The van der Waals surface area contributed by atoms with Gasteiger partial charge in [0.05, 0.1) is 6.61 Å². The zero-order chi connectivity index (χ0) is 16.3. The summed E-state index contributed by atoms with van der Waals surface area (Å²) in [6, 6.07) is 11.4. The molecule has 0 radical (unpaired) electrons. The predicted octanol–water partition coefficient (Wildman–Crippen LogP) is 2.99. The number of pyridine rings is 1. The van der Waals surface area contributed by atoms with Crippen LogP contribution >= 0.6 is 0 Å². The Kier molecular flexibility index (Phi) is 4.71. The van der Waals surface area contributed by atoms with Gasteiger partial charge in [0.2, 0.25) is 0 Å². The maximum atomic E-state index is 12.7. The molecule has 0 aliphatic rings. The van der Waals surface area contributed by atoms with E-state index in [1.54, 1.807) is 4.57 Å². The van der Waals surface area contributed by atoms with Gasteiger partial charge in [-0.25, -0.2) is 0 Å². The van der Waals surface area contributed by atoms with Gasteiger partial charge in [0, 0.05) is 28.9 Å². The molecule has 1 aromatic heterocycles. The van der Waals surface area contributed by atoms with Crippen LogP contribution in [0.1, 0.15) is 39.0 Å². The maximum Gasteiger partial charge on any atom is 0.259 e. The van der Waals surface area contributed by atoms with Crippen LogP contribution in [0.4, 0.5) is 0 Å². The van der Waals surface area contributed by atoms with Crippen molar-refractivity contribution in [2.24, 2.45) is 5.73 Å². The molecule has 0 saturated heterocycles. The molecule has 0 unspecified atom stereocenters. The Bertz CT molecular complexity index is 695. The van der Waals surface area contributed by atoms with Gasteiger partial charge in [0.1, 0.15) is 5.75 Å². The minimum atomic E-state index is -0.148. The van der Waals surface area contributed by atoms with Gasteiger partial charge in [-0.3, -0.25) is 9.36 Å². The third-order valence-corrected chi connectivity index (χ3v) is 3.56. The normalized spacial score (nSPS) is 11.5. The summed E-state index contributed by atoms with van der Waals surface area (Å²) in [6.07, 6.45) is 0. The molecular weight excluding hydrogens is 276 g/mol. The van der Waals surface area contributed by atoms with E-state index >= 15 is 0 Å². The molecule has 0 atom stereocenters. The summed E-state index contributed by atoms with van der Waals surface area (Å²) in [5.41, 5.74) is 7.88. The van der Waals surface area contributed by atoms with Gasteiger partial charge in [-0.2, -0.15) is 0 Å². The van der Waals surface area contributed by atoms with Crippen LogP contribution in [0.2, 0.25) is 0 Å². The first-order chi connectivity index (χ1) is 10.4. The van der Waals surface area contributed by atoms with Crippen LogP contribution in [-0.4, -0.2) is 11.2 Å². The van der Waals surface area contributed by atoms with Crippen LogP contribution in [0.15, 0.2) is 41.2 Å². The Labute approximate surface area is 131 Å².